The van der Waals surface area contributed by atoms with E-state index in [9.17, 15) is 10.2 Å². The minimum absolute atomic E-state index is 0.220. The quantitative estimate of drug-likeness (QED) is 0.159. The average Bonchev–Trinajstić information content (AvgIpc) is 3.12. The molecular weight excluding hydrogens is 601 g/mol. The van der Waals surface area contributed by atoms with Crippen molar-refractivity contribution in [3.05, 3.63) is 157 Å². The molecular formula is C45H34N2O2. The number of rotatable bonds is 6. The zero-order valence-electron chi connectivity index (χ0n) is 27.3. The Morgan fingerprint density at radius 2 is 0.878 bits per heavy atom. The van der Waals surface area contributed by atoms with Gasteiger partial charge in [-0.1, -0.05) is 121 Å². The largest absolute Gasteiger partial charge is 0.507 e. The molecule has 8 aromatic carbocycles. The lowest BCUT2D eigenvalue weighted by molar-refractivity contribution is 0.477. The summed E-state index contributed by atoms with van der Waals surface area (Å²) in [5, 5.41) is 34.5. The lowest BCUT2D eigenvalue weighted by atomic mass is 9.91. The van der Waals surface area contributed by atoms with Crippen LogP contribution in [-0.4, -0.2) is 15.9 Å². The van der Waals surface area contributed by atoms with E-state index in [1.165, 1.54) is 0 Å². The molecule has 0 aliphatic heterocycles. The topological polar surface area (TPSA) is 64.8 Å². The van der Waals surface area contributed by atoms with Gasteiger partial charge in [-0.3, -0.25) is 4.99 Å². The molecule has 4 nitrogen and oxygen atoms in total. The molecule has 49 heavy (non-hydrogen) atoms. The van der Waals surface area contributed by atoms with Crippen molar-refractivity contribution in [2.75, 3.05) is 5.32 Å². The van der Waals surface area contributed by atoms with Crippen LogP contribution in [0.4, 0.5) is 11.4 Å². The lowest BCUT2D eigenvalue weighted by Gasteiger charge is -2.18. The predicted molar refractivity (Wildman–Crippen MR) is 207 cm³/mol. The van der Waals surface area contributed by atoms with Gasteiger partial charge in [-0.25, -0.2) is 0 Å². The Morgan fingerprint density at radius 3 is 1.41 bits per heavy atom. The van der Waals surface area contributed by atoms with Gasteiger partial charge in [0.1, 0.15) is 11.5 Å². The van der Waals surface area contributed by atoms with Crippen molar-refractivity contribution in [3.63, 3.8) is 0 Å². The monoisotopic (exact) mass is 634 g/mol. The first kappa shape index (κ1) is 30.0. The summed E-state index contributed by atoms with van der Waals surface area (Å²) in [4.78, 5) is 5.15. The van der Waals surface area contributed by atoms with Crippen LogP contribution in [0.1, 0.15) is 13.8 Å². The summed E-state index contributed by atoms with van der Waals surface area (Å²) in [6.07, 6.45) is 2.03. The molecule has 0 saturated heterocycles. The maximum Gasteiger partial charge on any atom is 0.124 e. The molecule has 0 bridgehead atoms. The maximum absolute atomic E-state index is 11.3. The van der Waals surface area contributed by atoms with Gasteiger partial charge in [-0.05, 0) is 87.3 Å². The number of nitrogens with one attached hydrogen (secondary N) is 1. The van der Waals surface area contributed by atoms with Crippen molar-refractivity contribution >= 4 is 60.2 Å². The Hall–Kier alpha value is -6.39. The van der Waals surface area contributed by atoms with Crippen LogP contribution in [0.3, 0.4) is 0 Å². The van der Waals surface area contributed by atoms with E-state index in [0.717, 1.165) is 88.1 Å². The number of allylic oxidation sites excluding steroid dienone is 2. The molecule has 0 aromatic heterocycles. The molecule has 4 heteroatoms. The van der Waals surface area contributed by atoms with E-state index in [2.05, 4.69) is 72.0 Å². The summed E-state index contributed by atoms with van der Waals surface area (Å²) in [6.45, 7) is 4.02. The zero-order valence-corrected chi connectivity index (χ0v) is 27.3. The number of hydrogen-bond acceptors (Lipinski definition) is 4. The van der Waals surface area contributed by atoms with Crippen LogP contribution in [0.25, 0.3) is 65.3 Å². The summed E-state index contributed by atoms with van der Waals surface area (Å²) in [5.74, 6) is 0.455. The third kappa shape index (κ3) is 5.43. The van der Waals surface area contributed by atoms with E-state index < -0.39 is 0 Å². The van der Waals surface area contributed by atoms with Gasteiger partial charge in [0.15, 0.2) is 0 Å². The second-order valence-corrected chi connectivity index (χ2v) is 12.5. The summed E-state index contributed by atoms with van der Waals surface area (Å²) in [5.41, 5.74) is 6.77. The summed E-state index contributed by atoms with van der Waals surface area (Å²) in [7, 11) is 0. The fourth-order valence-electron chi connectivity index (χ4n) is 7.09. The van der Waals surface area contributed by atoms with Crippen molar-refractivity contribution in [2.45, 2.75) is 13.8 Å². The molecule has 0 unspecified atom stereocenters. The zero-order chi connectivity index (χ0) is 33.5. The number of aliphatic imine (C=N–C) groups is 1. The molecule has 0 fully saturated rings. The molecule has 0 spiro atoms. The molecule has 236 valence electrons. The average molecular weight is 635 g/mol. The van der Waals surface area contributed by atoms with Crippen LogP contribution in [-0.2, 0) is 0 Å². The molecule has 0 atom stereocenters. The summed E-state index contributed by atoms with van der Waals surface area (Å²) < 4.78 is 0. The van der Waals surface area contributed by atoms with Crippen LogP contribution in [0.5, 0.6) is 11.5 Å². The van der Waals surface area contributed by atoms with Gasteiger partial charge in [0.05, 0.1) is 5.69 Å². The predicted octanol–water partition coefficient (Wildman–Crippen LogP) is 12.2. The Morgan fingerprint density at radius 1 is 0.469 bits per heavy atom. The molecule has 0 saturated carbocycles. The van der Waals surface area contributed by atoms with E-state index in [-0.39, 0.29) is 11.5 Å². The third-order valence-corrected chi connectivity index (χ3v) is 9.20. The van der Waals surface area contributed by atoms with Gasteiger partial charge in [-0.2, -0.15) is 0 Å². The van der Waals surface area contributed by atoms with Crippen LogP contribution < -0.4 is 5.32 Å². The highest BCUT2D eigenvalue weighted by Gasteiger charge is 2.19. The molecule has 8 rings (SSSR count). The summed E-state index contributed by atoms with van der Waals surface area (Å²) >= 11 is 0. The molecule has 0 radical (unpaired) electrons. The highest BCUT2D eigenvalue weighted by molar-refractivity contribution is 6.13. The number of anilines is 1. The molecule has 0 heterocycles. The lowest BCUT2D eigenvalue weighted by Crippen LogP contribution is -2.01. The first-order valence-corrected chi connectivity index (χ1v) is 16.4. The highest BCUT2D eigenvalue weighted by Crippen LogP contribution is 2.46. The molecule has 0 aliphatic carbocycles. The number of nitrogens with zero attached hydrogens (tertiary/aromatic N) is 1. The van der Waals surface area contributed by atoms with Gasteiger partial charge in [0.2, 0.25) is 0 Å². The maximum atomic E-state index is 11.3. The van der Waals surface area contributed by atoms with E-state index in [1.54, 1.807) is 12.1 Å². The molecule has 0 aliphatic rings. The van der Waals surface area contributed by atoms with Crippen LogP contribution in [0, 0.1) is 0 Å². The Bertz CT molecular complexity index is 2630. The second kappa shape index (κ2) is 12.3. The van der Waals surface area contributed by atoms with E-state index >= 15 is 0 Å². The number of aromatic hydroxyl groups is 2. The Balaban J connectivity index is 1.25. The van der Waals surface area contributed by atoms with Crippen molar-refractivity contribution in [3.8, 4) is 33.8 Å². The van der Waals surface area contributed by atoms with Gasteiger partial charge in [-0.15, -0.1) is 0 Å². The smallest absolute Gasteiger partial charge is 0.124 e. The first-order chi connectivity index (χ1) is 24.0. The Kier molecular flexibility index (Phi) is 7.54. The molecule has 0 amide bonds. The van der Waals surface area contributed by atoms with Gasteiger partial charge in [0.25, 0.3) is 0 Å². The standard InChI is InChI=1S/C45H34N2O2/c1-28(46-38-23-19-30-11-3-7-15-34(30)42(38)44-36-17-9-5-13-32(36)21-25-40(44)48)27-29(2)47-39-24-20-31-12-4-8-16-35(31)43(39)45-37-18-10-6-14-33(37)22-26-41(45)49/h3-27,46,48-49H,1-2H3/b28-27+,47-29?. The first-order valence-electron chi connectivity index (χ1n) is 16.4. The third-order valence-electron chi connectivity index (χ3n) is 9.20. The van der Waals surface area contributed by atoms with Crippen molar-refractivity contribution in [1.29, 1.82) is 0 Å². The minimum Gasteiger partial charge on any atom is -0.507 e. The highest BCUT2D eigenvalue weighted by atomic mass is 16.3. The minimum atomic E-state index is 0.220. The SMILES string of the molecule is CC(/C=C(\C)Nc1ccc2ccccc2c1-c1c(O)ccc2ccccc12)=Nc1ccc2ccccc2c1-c1c(O)ccc2ccccc12. The Labute approximate surface area is 284 Å². The fourth-order valence-corrected chi connectivity index (χ4v) is 7.09. The van der Waals surface area contributed by atoms with E-state index in [4.69, 9.17) is 4.99 Å². The molecule has 8 aromatic rings. The molecule has 3 N–H and O–H groups in total. The van der Waals surface area contributed by atoms with E-state index in [0.29, 0.717) is 0 Å². The number of phenols is 2. The van der Waals surface area contributed by atoms with Crippen LogP contribution in [0.15, 0.2) is 162 Å². The summed E-state index contributed by atoms with van der Waals surface area (Å²) in [6, 6.07) is 48.5. The van der Waals surface area contributed by atoms with E-state index in [1.807, 2.05) is 86.7 Å². The fraction of sp³-hybridized carbons (Fsp3) is 0.0444. The van der Waals surface area contributed by atoms with Gasteiger partial charge < -0.3 is 15.5 Å². The second-order valence-electron chi connectivity index (χ2n) is 12.5. The van der Waals surface area contributed by atoms with Crippen LogP contribution in [0.2, 0.25) is 0 Å². The van der Waals surface area contributed by atoms with Crippen molar-refractivity contribution in [2.24, 2.45) is 4.99 Å². The number of phenolic OH excluding ortho intramolecular Hbond substituents is 2. The normalized spacial score (nSPS) is 12.3. The van der Waals surface area contributed by atoms with Crippen molar-refractivity contribution in [1.82, 2.24) is 0 Å². The number of fused-ring (bicyclic) bond motifs is 4. The number of benzene rings is 8. The van der Waals surface area contributed by atoms with Crippen molar-refractivity contribution < 1.29 is 10.2 Å². The van der Waals surface area contributed by atoms with Gasteiger partial charge >= 0.3 is 0 Å². The van der Waals surface area contributed by atoms with Gasteiger partial charge in [0, 0.05) is 39.3 Å². The van der Waals surface area contributed by atoms with Crippen LogP contribution >= 0.6 is 0 Å². The number of hydrogen-bond donors (Lipinski definition) is 3.